The number of hydrogen-bond acceptors (Lipinski definition) is 4. The van der Waals surface area contributed by atoms with Crippen LogP contribution in [0.25, 0.3) is 0 Å². The van der Waals surface area contributed by atoms with Crippen LogP contribution in [0.1, 0.15) is 19.8 Å². The van der Waals surface area contributed by atoms with Crippen molar-refractivity contribution >= 4 is 5.97 Å². The predicted octanol–water partition coefficient (Wildman–Crippen LogP) is 1.38. The van der Waals surface area contributed by atoms with Gasteiger partial charge in [-0.1, -0.05) is 6.08 Å². The third-order valence-corrected chi connectivity index (χ3v) is 3.37. The first-order valence-electron chi connectivity index (χ1n) is 6.82. The third kappa shape index (κ3) is 6.17. The topological polar surface area (TPSA) is 32.8 Å². The lowest BCUT2D eigenvalue weighted by Crippen LogP contribution is -2.35. The molecule has 1 heterocycles. The van der Waals surface area contributed by atoms with Crippen molar-refractivity contribution in [3.8, 4) is 0 Å². The Balaban J connectivity index is 2.17. The molecule has 1 aliphatic rings. The van der Waals surface area contributed by atoms with E-state index in [1.807, 2.05) is 13.0 Å². The first-order valence-corrected chi connectivity index (χ1v) is 6.82. The molecule has 0 saturated carbocycles. The lowest BCUT2D eigenvalue weighted by atomic mass is 9.97. The van der Waals surface area contributed by atoms with E-state index in [-0.39, 0.29) is 5.97 Å². The maximum absolute atomic E-state index is 11.1. The molecule has 104 valence electrons. The Morgan fingerprint density at radius 2 is 2.11 bits per heavy atom. The highest BCUT2D eigenvalue weighted by molar-refractivity contribution is 5.81. The Morgan fingerprint density at radius 3 is 2.72 bits per heavy atom. The second-order valence-corrected chi connectivity index (χ2v) is 5.12. The summed E-state index contributed by atoms with van der Waals surface area (Å²) in [7, 11) is 4.29. The molecule has 0 bridgehead atoms. The molecule has 1 saturated heterocycles. The van der Waals surface area contributed by atoms with Crippen molar-refractivity contribution in [2.24, 2.45) is 5.92 Å². The number of piperidine rings is 1. The highest BCUT2D eigenvalue weighted by Gasteiger charge is 2.17. The second kappa shape index (κ2) is 8.27. The Morgan fingerprint density at radius 1 is 1.44 bits per heavy atom. The zero-order valence-corrected chi connectivity index (χ0v) is 11.9. The van der Waals surface area contributed by atoms with E-state index in [1.165, 1.54) is 32.0 Å². The van der Waals surface area contributed by atoms with Gasteiger partial charge in [-0.3, -0.25) is 0 Å². The molecular weight excluding hydrogens is 228 g/mol. The molecule has 0 amide bonds. The Labute approximate surface area is 111 Å². The molecule has 1 aliphatic heterocycles. The fourth-order valence-electron chi connectivity index (χ4n) is 2.28. The summed E-state index contributed by atoms with van der Waals surface area (Å²) in [5.41, 5.74) is 0. The summed E-state index contributed by atoms with van der Waals surface area (Å²) in [6.45, 7) is 6.59. The standard InChI is InChI=1S/C14H26N2O2/c1-4-18-14(17)6-5-9-16(3)12-13-7-10-15(2)11-8-13/h5-6,13H,4,7-12H2,1-3H3/b6-5+. The average molecular weight is 254 g/mol. The fourth-order valence-corrected chi connectivity index (χ4v) is 2.28. The van der Waals surface area contributed by atoms with E-state index < -0.39 is 0 Å². The monoisotopic (exact) mass is 254 g/mol. The maximum Gasteiger partial charge on any atom is 0.330 e. The molecule has 0 spiro atoms. The summed E-state index contributed by atoms with van der Waals surface area (Å²) >= 11 is 0. The Hall–Kier alpha value is -0.870. The first-order chi connectivity index (χ1) is 8.61. The van der Waals surface area contributed by atoms with Crippen LogP contribution < -0.4 is 0 Å². The molecule has 4 heteroatoms. The van der Waals surface area contributed by atoms with Crippen molar-refractivity contribution in [1.29, 1.82) is 0 Å². The molecule has 1 rings (SSSR count). The quantitative estimate of drug-likeness (QED) is 0.529. The minimum atomic E-state index is -0.245. The van der Waals surface area contributed by atoms with E-state index in [0.29, 0.717) is 6.61 Å². The molecular formula is C14H26N2O2. The van der Waals surface area contributed by atoms with E-state index in [0.717, 1.165) is 19.0 Å². The summed E-state index contributed by atoms with van der Waals surface area (Å²) in [4.78, 5) is 15.8. The maximum atomic E-state index is 11.1. The number of hydrogen-bond donors (Lipinski definition) is 0. The number of likely N-dealkylation sites (N-methyl/N-ethyl adjacent to an activating group) is 1. The molecule has 0 atom stereocenters. The summed E-state index contributed by atoms with van der Waals surface area (Å²) in [5, 5.41) is 0. The van der Waals surface area contributed by atoms with Crippen molar-refractivity contribution in [3.63, 3.8) is 0 Å². The van der Waals surface area contributed by atoms with Crippen LogP contribution in [0.5, 0.6) is 0 Å². The van der Waals surface area contributed by atoms with Gasteiger partial charge in [0.1, 0.15) is 0 Å². The number of ether oxygens (including phenoxy) is 1. The Bertz CT molecular complexity index is 271. The molecule has 0 N–H and O–H groups in total. The van der Waals surface area contributed by atoms with Crippen molar-refractivity contribution in [2.45, 2.75) is 19.8 Å². The molecule has 0 aromatic rings. The van der Waals surface area contributed by atoms with Crippen LogP contribution >= 0.6 is 0 Å². The number of nitrogens with zero attached hydrogens (tertiary/aromatic N) is 2. The molecule has 1 fully saturated rings. The number of carbonyl (C=O) groups excluding carboxylic acids is 1. The van der Waals surface area contributed by atoms with Crippen LogP contribution in [0.4, 0.5) is 0 Å². The molecule has 0 radical (unpaired) electrons. The van der Waals surface area contributed by atoms with Gasteiger partial charge in [0.2, 0.25) is 0 Å². The van der Waals surface area contributed by atoms with Crippen molar-refractivity contribution < 1.29 is 9.53 Å². The van der Waals surface area contributed by atoms with Crippen molar-refractivity contribution in [3.05, 3.63) is 12.2 Å². The van der Waals surface area contributed by atoms with Gasteiger partial charge >= 0.3 is 5.97 Å². The number of esters is 1. The van der Waals surface area contributed by atoms with E-state index in [4.69, 9.17) is 4.74 Å². The Kier molecular flexibility index (Phi) is 6.98. The summed E-state index contributed by atoms with van der Waals surface area (Å²) in [6.07, 6.45) is 5.96. The first kappa shape index (κ1) is 15.2. The van der Waals surface area contributed by atoms with Crippen LogP contribution in [-0.4, -0.2) is 62.7 Å². The van der Waals surface area contributed by atoms with Gasteiger partial charge < -0.3 is 14.5 Å². The van der Waals surface area contributed by atoms with Crippen LogP contribution in [0.15, 0.2) is 12.2 Å². The molecule has 0 unspecified atom stereocenters. The predicted molar refractivity (Wildman–Crippen MR) is 73.5 cm³/mol. The van der Waals surface area contributed by atoms with Crippen molar-refractivity contribution in [2.75, 3.05) is 46.9 Å². The molecule has 0 aromatic carbocycles. The van der Waals surface area contributed by atoms with E-state index in [2.05, 4.69) is 23.9 Å². The van der Waals surface area contributed by atoms with E-state index >= 15 is 0 Å². The van der Waals surface area contributed by atoms with Crippen LogP contribution in [0, 0.1) is 5.92 Å². The molecule has 18 heavy (non-hydrogen) atoms. The largest absolute Gasteiger partial charge is 0.463 e. The summed E-state index contributed by atoms with van der Waals surface area (Å²) in [6, 6.07) is 0. The van der Waals surface area contributed by atoms with Crippen LogP contribution in [-0.2, 0) is 9.53 Å². The molecule has 0 aromatic heterocycles. The van der Waals surface area contributed by atoms with Gasteiger partial charge in [0.05, 0.1) is 6.61 Å². The average Bonchev–Trinajstić information content (AvgIpc) is 2.32. The van der Waals surface area contributed by atoms with Crippen LogP contribution in [0.3, 0.4) is 0 Å². The highest BCUT2D eigenvalue weighted by Crippen LogP contribution is 2.16. The van der Waals surface area contributed by atoms with Gasteiger partial charge in [-0.15, -0.1) is 0 Å². The van der Waals surface area contributed by atoms with Gasteiger partial charge in [0.15, 0.2) is 0 Å². The number of rotatable bonds is 6. The highest BCUT2D eigenvalue weighted by atomic mass is 16.5. The van der Waals surface area contributed by atoms with Gasteiger partial charge in [0, 0.05) is 19.2 Å². The van der Waals surface area contributed by atoms with E-state index in [9.17, 15) is 4.79 Å². The van der Waals surface area contributed by atoms with Crippen molar-refractivity contribution in [1.82, 2.24) is 9.80 Å². The van der Waals surface area contributed by atoms with Gasteiger partial charge in [0.25, 0.3) is 0 Å². The number of likely N-dealkylation sites (tertiary alicyclic amines) is 1. The third-order valence-electron chi connectivity index (χ3n) is 3.37. The zero-order valence-electron chi connectivity index (χ0n) is 11.9. The minimum Gasteiger partial charge on any atom is -0.463 e. The summed E-state index contributed by atoms with van der Waals surface area (Å²) < 4.78 is 4.84. The lowest BCUT2D eigenvalue weighted by molar-refractivity contribution is -0.137. The normalized spacial score (nSPS) is 18.7. The molecule has 0 aliphatic carbocycles. The summed E-state index contributed by atoms with van der Waals surface area (Å²) in [5.74, 6) is 0.549. The fraction of sp³-hybridized carbons (Fsp3) is 0.786. The molecule has 4 nitrogen and oxygen atoms in total. The lowest BCUT2D eigenvalue weighted by Gasteiger charge is -2.31. The zero-order chi connectivity index (χ0) is 13.4. The smallest absolute Gasteiger partial charge is 0.330 e. The van der Waals surface area contributed by atoms with Gasteiger partial charge in [-0.05, 0) is 52.9 Å². The second-order valence-electron chi connectivity index (χ2n) is 5.12. The SMILES string of the molecule is CCOC(=O)/C=C/CN(C)CC1CCN(C)CC1. The minimum absolute atomic E-state index is 0.245. The van der Waals surface area contributed by atoms with Gasteiger partial charge in [-0.2, -0.15) is 0 Å². The van der Waals surface area contributed by atoms with Crippen LogP contribution in [0.2, 0.25) is 0 Å². The van der Waals surface area contributed by atoms with Gasteiger partial charge in [-0.25, -0.2) is 4.79 Å². The van der Waals surface area contributed by atoms with E-state index in [1.54, 1.807) is 0 Å². The number of carbonyl (C=O) groups is 1.